The Morgan fingerprint density at radius 1 is 1.35 bits per heavy atom. The second-order valence-electron chi connectivity index (χ2n) is 4.17. The molecule has 1 aromatic carbocycles. The number of Topliss-reactive ketones (excluding diaryl/α,β-unsaturated/α-hetero) is 1. The van der Waals surface area contributed by atoms with Crippen LogP contribution in [-0.2, 0) is 9.84 Å². The maximum atomic E-state index is 12.1. The van der Waals surface area contributed by atoms with Crippen molar-refractivity contribution in [2.75, 3.05) is 11.5 Å². The van der Waals surface area contributed by atoms with Gasteiger partial charge in [0.25, 0.3) is 0 Å². The summed E-state index contributed by atoms with van der Waals surface area (Å²) in [5, 5.41) is 0. The molecule has 0 unspecified atom stereocenters. The van der Waals surface area contributed by atoms with E-state index in [4.69, 9.17) is 0 Å². The lowest BCUT2D eigenvalue weighted by Crippen LogP contribution is -2.10. The van der Waals surface area contributed by atoms with Gasteiger partial charge in [-0.2, -0.15) is 8.78 Å². The van der Waals surface area contributed by atoms with Crippen molar-refractivity contribution in [3.8, 4) is 5.75 Å². The third-order valence-electron chi connectivity index (χ3n) is 2.68. The van der Waals surface area contributed by atoms with Crippen molar-refractivity contribution in [2.45, 2.75) is 26.4 Å². The van der Waals surface area contributed by atoms with Crippen LogP contribution in [0, 0.1) is 0 Å². The lowest BCUT2D eigenvalue weighted by Gasteiger charge is -2.06. The first-order valence-corrected chi connectivity index (χ1v) is 7.94. The average Bonchev–Trinajstić information content (AvgIpc) is 2.38. The summed E-state index contributed by atoms with van der Waals surface area (Å²) in [5.41, 5.74) is 0.233. The first-order valence-electron chi connectivity index (χ1n) is 6.12. The van der Waals surface area contributed by atoms with Crippen LogP contribution in [0.25, 0.3) is 0 Å². The van der Waals surface area contributed by atoms with E-state index in [0.29, 0.717) is 0 Å². The van der Waals surface area contributed by atoms with Gasteiger partial charge >= 0.3 is 6.61 Å². The first-order chi connectivity index (χ1) is 9.34. The summed E-state index contributed by atoms with van der Waals surface area (Å²) in [4.78, 5) is 11.8. The SMILES string of the molecule is CCS(=O)(=O)CCCC(=O)c1cccc(OC(F)F)c1. The Kier molecular flexibility index (Phi) is 6.06. The number of alkyl halides is 2. The Balaban J connectivity index is 2.59. The predicted molar refractivity (Wildman–Crippen MR) is 71.0 cm³/mol. The lowest BCUT2D eigenvalue weighted by molar-refractivity contribution is -0.0498. The Morgan fingerprint density at radius 2 is 2.05 bits per heavy atom. The minimum absolute atomic E-state index is 0.0406. The van der Waals surface area contributed by atoms with Crippen LogP contribution in [0.15, 0.2) is 24.3 Å². The number of carbonyl (C=O) groups excluding carboxylic acids is 1. The minimum Gasteiger partial charge on any atom is -0.435 e. The van der Waals surface area contributed by atoms with E-state index in [-0.39, 0.29) is 41.4 Å². The van der Waals surface area contributed by atoms with E-state index >= 15 is 0 Å². The molecule has 0 N–H and O–H groups in total. The fourth-order valence-corrected chi connectivity index (χ4v) is 2.46. The molecule has 0 bridgehead atoms. The van der Waals surface area contributed by atoms with Gasteiger partial charge in [-0.3, -0.25) is 4.79 Å². The molecule has 0 radical (unpaired) electrons. The normalized spacial score (nSPS) is 11.6. The van der Waals surface area contributed by atoms with Gasteiger partial charge in [0, 0.05) is 17.7 Å². The molecule has 112 valence electrons. The summed E-state index contributed by atoms with van der Waals surface area (Å²) in [6.07, 6.45) is 0.270. The van der Waals surface area contributed by atoms with Gasteiger partial charge in [-0.15, -0.1) is 0 Å². The minimum atomic E-state index is -3.10. The van der Waals surface area contributed by atoms with Crippen LogP contribution in [0.1, 0.15) is 30.1 Å². The smallest absolute Gasteiger partial charge is 0.387 e. The summed E-state index contributed by atoms with van der Waals surface area (Å²) in [6, 6.07) is 5.47. The van der Waals surface area contributed by atoms with Crippen molar-refractivity contribution < 1.29 is 26.7 Å². The number of carbonyl (C=O) groups is 1. The molecule has 0 aliphatic heterocycles. The van der Waals surface area contributed by atoms with E-state index in [1.807, 2.05) is 0 Å². The Labute approximate surface area is 116 Å². The molecule has 0 spiro atoms. The molecule has 0 saturated carbocycles. The summed E-state index contributed by atoms with van der Waals surface area (Å²) in [7, 11) is -3.10. The highest BCUT2D eigenvalue weighted by atomic mass is 32.2. The van der Waals surface area contributed by atoms with Crippen molar-refractivity contribution >= 4 is 15.6 Å². The summed E-state index contributed by atoms with van der Waals surface area (Å²) in [6.45, 7) is -1.41. The number of sulfone groups is 1. The number of ether oxygens (including phenoxy) is 1. The Hall–Kier alpha value is -1.50. The van der Waals surface area contributed by atoms with Crippen LogP contribution in [0.4, 0.5) is 8.78 Å². The second-order valence-corrected chi connectivity index (χ2v) is 6.64. The van der Waals surface area contributed by atoms with Gasteiger partial charge in [-0.1, -0.05) is 19.1 Å². The van der Waals surface area contributed by atoms with Crippen LogP contribution in [0.5, 0.6) is 5.75 Å². The van der Waals surface area contributed by atoms with E-state index in [2.05, 4.69) is 4.74 Å². The average molecular weight is 306 g/mol. The predicted octanol–water partition coefficient (Wildman–Crippen LogP) is 2.69. The molecule has 20 heavy (non-hydrogen) atoms. The van der Waals surface area contributed by atoms with Crippen molar-refractivity contribution in [1.82, 2.24) is 0 Å². The number of rotatable bonds is 8. The van der Waals surface area contributed by atoms with Crippen molar-refractivity contribution in [1.29, 1.82) is 0 Å². The molecule has 1 aromatic rings. The van der Waals surface area contributed by atoms with Crippen LogP contribution < -0.4 is 4.74 Å². The zero-order valence-electron chi connectivity index (χ0n) is 11.0. The molecule has 0 atom stereocenters. The van der Waals surface area contributed by atoms with Crippen molar-refractivity contribution in [3.05, 3.63) is 29.8 Å². The molecule has 0 aliphatic rings. The van der Waals surface area contributed by atoms with Gasteiger partial charge < -0.3 is 4.74 Å². The highest BCUT2D eigenvalue weighted by molar-refractivity contribution is 7.91. The highest BCUT2D eigenvalue weighted by Gasteiger charge is 2.12. The highest BCUT2D eigenvalue weighted by Crippen LogP contribution is 2.17. The maximum absolute atomic E-state index is 12.1. The Morgan fingerprint density at radius 3 is 2.65 bits per heavy atom. The van der Waals surface area contributed by atoms with Gasteiger partial charge in [-0.05, 0) is 18.6 Å². The number of ketones is 1. The van der Waals surface area contributed by atoms with Crippen molar-refractivity contribution in [2.24, 2.45) is 0 Å². The molecule has 4 nitrogen and oxygen atoms in total. The van der Waals surface area contributed by atoms with Gasteiger partial charge in [0.15, 0.2) is 5.78 Å². The number of hydrogen-bond acceptors (Lipinski definition) is 4. The number of halogens is 2. The van der Waals surface area contributed by atoms with E-state index in [9.17, 15) is 22.0 Å². The van der Waals surface area contributed by atoms with Gasteiger partial charge in [0.1, 0.15) is 15.6 Å². The van der Waals surface area contributed by atoms with Gasteiger partial charge in [-0.25, -0.2) is 8.42 Å². The van der Waals surface area contributed by atoms with Crippen molar-refractivity contribution in [3.63, 3.8) is 0 Å². The first kappa shape index (κ1) is 16.6. The summed E-state index contributed by atoms with van der Waals surface area (Å²) >= 11 is 0. The summed E-state index contributed by atoms with van der Waals surface area (Å²) in [5.74, 6) is -0.399. The standard InChI is InChI=1S/C13H16F2O4S/c1-2-20(17,18)8-4-7-12(16)10-5-3-6-11(9-10)19-13(14)15/h3,5-6,9,13H,2,4,7-8H2,1H3. The topological polar surface area (TPSA) is 60.4 Å². The molecular weight excluding hydrogens is 290 g/mol. The van der Waals surface area contributed by atoms with Crippen LogP contribution in [0.3, 0.4) is 0 Å². The number of benzene rings is 1. The molecule has 1 rings (SSSR count). The van der Waals surface area contributed by atoms with E-state index < -0.39 is 16.4 Å². The molecule has 0 heterocycles. The molecule has 0 saturated heterocycles. The van der Waals surface area contributed by atoms with Gasteiger partial charge in [0.2, 0.25) is 0 Å². The third-order valence-corrected chi connectivity index (χ3v) is 4.47. The van der Waals surface area contributed by atoms with E-state index in [1.165, 1.54) is 24.3 Å². The molecule has 0 fully saturated rings. The fourth-order valence-electron chi connectivity index (χ4n) is 1.59. The molecule has 0 aliphatic carbocycles. The molecule has 7 heteroatoms. The quantitative estimate of drug-likeness (QED) is 0.693. The lowest BCUT2D eigenvalue weighted by atomic mass is 10.1. The van der Waals surface area contributed by atoms with Crippen LogP contribution >= 0.6 is 0 Å². The summed E-state index contributed by atoms with van der Waals surface area (Å²) < 4.78 is 50.9. The maximum Gasteiger partial charge on any atom is 0.387 e. The zero-order chi connectivity index (χ0) is 15.2. The van der Waals surface area contributed by atoms with Gasteiger partial charge in [0.05, 0.1) is 5.75 Å². The second kappa shape index (κ2) is 7.33. The molecular formula is C13H16F2O4S. The molecule has 0 aromatic heterocycles. The van der Waals surface area contributed by atoms with E-state index in [0.717, 1.165) is 0 Å². The zero-order valence-corrected chi connectivity index (χ0v) is 11.8. The molecule has 0 amide bonds. The van der Waals surface area contributed by atoms with E-state index in [1.54, 1.807) is 6.92 Å². The monoisotopic (exact) mass is 306 g/mol. The largest absolute Gasteiger partial charge is 0.435 e. The Bertz CT molecular complexity index is 555. The third kappa shape index (κ3) is 5.64. The van der Waals surface area contributed by atoms with Crippen LogP contribution in [0.2, 0.25) is 0 Å². The van der Waals surface area contributed by atoms with Crippen LogP contribution in [-0.4, -0.2) is 32.3 Å². The fraction of sp³-hybridized carbons (Fsp3) is 0.462. The number of hydrogen-bond donors (Lipinski definition) is 0.